The molecule has 1 unspecified atom stereocenters. The van der Waals surface area contributed by atoms with Crippen LogP contribution < -0.4 is 10.1 Å². The summed E-state index contributed by atoms with van der Waals surface area (Å²) in [6, 6.07) is 7.97. The van der Waals surface area contributed by atoms with Crippen LogP contribution in [0.1, 0.15) is 19.3 Å². The van der Waals surface area contributed by atoms with E-state index in [2.05, 4.69) is 5.32 Å². The van der Waals surface area contributed by atoms with Crippen molar-refractivity contribution in [2.75, 3.05) is 40.3 Å². The number of rotatable bonds is 10. The van der Waals surface area contributed by atoms with Crippen molar-refractivity contribution in [2.24, 2.45) is 0 Å². The highest BCUT2D eigenvalue weighted by atomic mass is 19.1. The Bertz CT molecular complexity index is 715. The van der Waals surface area contributed by atoms with Gasteiger partial charge in [-0.1, -0.05) is 18.2 Å². The molecule has 1 saturated heterocycles. The Labute approximate surface area is 169 Å². The fourth-order valence-electron chi connectivity index (χ4n) is 3.40. The van der Waals surface area contributed by atoms with E-state index in [9.17, 15) is 23.9 Å². The summed E-state index contributed by atoms with van der Waals surface area (Å²) in [6.07, 6.45) is 0.361. The minimum Gasteiger partial charge on any atom is -0.494 e. The van der Waals surface area contributed by atoms with Crippen LogP contribution in [0.3, 0.4) is 0 Å². The first-order valence-electron chi connectivity index (χ1n) is 9.51. The second kappa shape index (κ2) is 10.2. The summed E-state index contributed by atoms with van der Waals surface area (Å²) >= 11 is 0. The van der Waals surface area contributed by atoms with Crippen molar-refractivity contribution in [1.82, 2.24) is 15.1 Å². The van der Waals surface area contributed by atoms with Gasteiger partial charge in [0.15, 0.2) is 0 Å². The van der Waals surface area contributed by atoms with E-state index in [1.807, 2.05) is 30.3 Å². The number of hydrogen-bond acceptors (Lipinski definition) is 5. The number of alkyl halides is 1. The zero-order chi connectivity index (χ0) is 21.4. The number of carboxylic acid groups (broad SMARTS) is 1. The summed E-state index contributed by atoms with van der Waals surface area (Å²) < 4.78 is 20.4. The first-order chi connectivity index (χ1) is 13.7. The van der Waals surface area contributed by atoms with Gasteiger partial charge in [-0.15, -0.1) is 0 Å². The van der Waals surface area contributed by atoms with Gasteiger partial charge >= 0.3 is 5.97 Å². The van der Waals surface area contributed by atoms with Gasteiger partial charge in [-0.05, 0) is 32.6 Å². The molecular weight excluding hydrogens is 381 g/mol. The molecule has 1 aromatic carbocycles. The number of ether oxygens (including phenoxy) is 1. The van der Waals surface area contributed by atoms with Gasteiger partial charge in [0.25, 0.3) is 0 Å². The van der Waals surface area contributed by atoms with Crippen LogP contribution in [0.15, 0.2) is 30.3 Å². The number of amides is 2. The Hall–Kier alpha value is -2.68. The molecule has 160 valence electrons. The van der Waals surface area contributed by atoms with Gasteiger partial charge in [0, 0.05) is 19.4 Å². The van der Waals surface area contributed by atoms with E-state index in [0.29, 0.717) is 18.8 Å². The number of likely N-dealkylation sites (tertiary alicyclic amines) is 1. The molecule has 9 heteroatoms. The molecule has 0 radical (unpaired) electrons. The molecule has 0 saturated carbocycles. The molecule has 0 aromatic heterocycles. The molecule has 1 aliphatic heterocycles. The summed E-state index contributed by atoms with van der Waals surface area (Å²) in [5.74, 6) is -1.49. The third-order valence-electron chi connectivity index (χ3n) is 4.59. The van der Waals surface area contributed by atoms with Crippen molar-refractivity contribution in [2.45, 2.75) is 31.0 Å². The molecule has 2 rings (SSSR count). The van der Waals surface area contributed by atoms with Crippen LogP contribution in [0.5, 0.6) is 5.75 Å². The van der Waals surface area contributed by atoms with Crippen LogP contribution in [0.4, 0.5) is 4.39 Å². The lowest BCUT2D eigenvalue weighted by atomic mass is 10.0. The van der Waals surface area contributed by atoms with Crippen LogP contribution in [-0.2, 0) is 14.4 Å². The second-order valence-electron chi connectivity index (χ2n) is 7.51. The zero-order valence-corrected chi connectivity index (χ0v) is 16.8. The van der Waals surface area contributed by atoms with Crippen molar-refractivity contribution in [3.05, 3.63) is 30.3 Å². The number of carboxylic acids is 1. The smallest absolute Gasteiger partial charge is 0.326 e. The molecule has 2 N–H and O–H groups in total. The molecule has 0 spiro atoms. The maximum absolute atomic E-state index is 14.9. The standard InChI is InChI=1S/C20H28FN3O5/c1-23(2)13-20(21)11-16(19(27)28)24(14-20)18(26)12-22-17(25)9-6-10-29-15-7-4-3-5-8-15/h3-5,7-8,16H,6,9-14H2,1-2H3,(H,22,25)(H,27,28)/t16-,20?/m0/s1. The molecule has 0 bridgehead atoms. The third kappa shape index (κ3) is 7.01. The van der Waals surface area contributed by atoms with Gasteiger partial charge in [0.05, 0.1) is 19.7 Å². The van der Waals surface area contributed by atoms with E-state index >= 15 is 0 Å². The van der Waals surface area contributed by atoms with Gasteiger partial charge in [-0.2, -0.15) is 0 Å². The lowest BCUT2D eigenvalue weighted by Crippen LogP contribution is -2.46. The fraction of sp³-hybridized carbons (Fsp3) is 0.550. The van der Waals surface area contributed by atoms with Crippen LogP contribution in [0.25, 0.3) is 0 Å². The third-order valence-corrected chi connectivity index (χ3v) is 4.59. The molecule has 0 aliphatic carbocycles. The highest BCUT2D eigenvalue weighted by Crippen LogP contribution is 2.31. The van der Waals surface area contributed by atoms with Gasteiger partial charge in [-0.25, -0.2) is 9.18 Å². The number of benzene rings is 1. The Morgan fingerprint density at radius 2 is 2.00 bits per heavy atom. The first-order valence-corrected chi connectivity index (χ1v) is 9.51. The monoisotopic (exact) mass is 409 g/mol. The van der Waals surface area contributed by atoms with Crippen molar-refractivity contribution >= 4 is 17.8 Å². The number of aliphatic carboxylic acids is 1. The van der Waals surface area contributed by atoms with Crippen molar-refractivity contribution in [3.8, 4) is 5.75 Å². The summed E-state index contributed by atoms with van der Waals surface area (Å²) in [7, 11) is 3.37. The summed E-state index contributed by atoms with van der Waals surface area (Å²) in [6.45, 7) is -0.288. The maximum atomic E-state index is 14.9. The van der Waals surface area contributed by atoms with Crippen LogP contribution >= 0.6 is 0 Å². The molecule has 1 aromatic rings. The Balaban J connectivity index is 1.76. The van der Waals surface area contributed by atoms with E-state index < -0.39 is 23.6 Å². The molecule has 1 aliphatic rings. The van der Waals surface area contributed by atoms with Crippen LogP contribution in [-0.4, -0.2) is 84.7 Å². The predicted molar refractivity (Wildman–Crippen MR) is 104 cm³/mol. The SMILES string of the molecule is CN(C)CC1(F)C[C@@H](C(=O)O)N(C(=O)CNC(=O)CCCOc2ccccc2)C1. The highest BCUT2D eigenvalue weighted by molar-refractivity contribution is 5.88. The van der Waals surface area contributed by atoms with E-state index in [-0.39, 0.29) is 38.4 Å². The topological polar surface area (TPSA) is 99.2 Å². The molecule has 1 heterocycles. The van der Waals surface area contributed by atoms with Gasteiger partial charge in [-0.3, -0.25) is 9.59 Å². The number of carbonyl (C=O) groups is 3. The Morgan fingerprint density at radius 3 is 2.62 bits per heavy atom. The van der Waals surface area contributed by atoms with Crippen molar-refractivity contribution < 1.29 is 28.6 Å². The minimum absolute atomic E-state index is 0.0222. The quantitative estimate of drug-likeness (QED) is 0.558. The molecule has 29 heavy (non-hydrogen) atoms. The molecule has 1 fully saturated rings. The molecule has 2 atom stereocenters. The average molecular weight is 409 g/mol. The number of nitrogens with zero attached hydrogens (tertiary/aromatic N) is 2. The summed E-state index contributed by atoms with van der Waals surface area (Å²) in [4.78, 5) is 38.4. The summed E-state index contributed by atoms with van der Waals surface area (Å²) in [5.41, 5.74) is -1.79. The molecular formula is C20H28FN3O5. The number of hydrogen-bond donors (Lipinski definition) is 2. The largest absolute Gasteiger partial charge is 0.494 e. The average Bonchev–Trinajstić information content (AvgIpc) is 3.01. The van der Waals surface area contributed by atoms with E-state index in [1.54, 1.807) is 19.0 Å². The van der Waals surface area contributed by atoms with Crippen LogP contribution in [0.2, 0.25) is 0 Å². The van der Waals surface area contributed by atoms with E-state index in [1.165, 1.54) is 0 Å². The first kappa shape index (κ1) is 22.6. The van der Waals surface area contributed by atoms with Crippen LogP contribution in [0, 0.1) is 0 Å². The lowest BCUT2D eigenvalue weighted by Gasteiger charge is -2.24. The maximum Gasteiger partial charge on any atom is 0.326 e. The normalized spacial score (nSPS) is 21.2. The van der Waals surface area contributed by atoms with Crippen molar-refractivity contribution in [3.63, 3.8) is 0 Å². The number of para-hydroxylation sites is 1. The second-order valence-corrected chi connectivity index (χ2v) is 7.51. The van der Waals surface area contributed by atoms with Gasteiger partial charge in [0.2, 0.25) is 11.8 Å². The minimum atomic E-state index is -1.79. The number of nitrogens with one attached hydrogen (secondary N) is 1. The fourth-order valence-corrected chi connectivity index (χ4v) is 3.40. The number of halogens is 1. The predicted octanol–water partition coefficient (Wildman–Crippen LogP) is 0.917. The van der Waals surface area contributed by atoms with Gasteiger partial charge < -0.3 is 25.0 Å². The van der Waals surface area contributed by atoms with Crippen molar-refractivity contribution in [1.29, 1.82) is 0 Å². The summed E-state index contributed by atoms with van der Waals surface area (Å²) in [5, 5.41) is 11.8. The van der Waals surface area contributed by atoms with Gasteiger partial charge in [0.1, 0.15) is 17.5 Å². The lowest BCUT2D eigenvalue weighted by molar-refractivity contribution is -0.148. The molecule has 8 nitrogen and oxygen atoms in total. The number of carbonyl (C=O) groups excluding carboxylic acids is 2. The highest BCUT2D eigenvalue weighted by Gasteiger charge is 2.49. The zero-order valence-electron chi connectivity index (χ0n) is 16.8. The van der Waals surface area contributed by atoms with E-state index in [0.717, 1.165) is 4.90 Å². The Kier molecular flexibility index (Phi) is 7.95. The Morgan fingerprint density at radius 1 is 1.31 bits per heavy atom. The molecule has 2 amide bonds. The van der Waals surface area contributed by atoms with E-state index in [4.69, 9.17) is 4.74 Å².